The van der Waals surface area contributed by atoms with E-state index in [0.29, 0.717) is 10.6 Å². The molecule has 0 spiro atoms. The molecule has 0 aliphatic heterocycles. The van der Waals surface area contributed by atoms with Crippen molar-refractivity contribution in [3.05, 3.63) is 64.7 Å². The molecule has 1 amide bonds. The van der Waals surface area contributed by atoms with Gasteiger partial charge < -0.3 is 15.2 Å². The minimum Gasteiger partial charge on any atom is -0.497 e. The number of hydrogen-bond donors (Lipinski definition) is 2. The molecule has 1 atom stereocenters. The van der Waals surface area contributed by atoms with Gasteiger partial charge in [-0.15, -0.1) is 0 Å². The fraction of sp³-hybridized carbons (Fsp3) is 0.235. The summed E-state index contributed by atoms with van der Waals surface area (Å²) in [6.07, 6.45) is -0.491. The quantitative estimate of drug-likeness (QED) is 0.860. The van der Waals surface area contributed by atoms with Gasteiger partial charge in [-0.2, -0.15) is 0 Å². The van der Waals surface area contributed by atoms with Crippen molar-refractivity contribution in [2.45, 2.75) is 12.5 Å². The van der Waals surface area contributed by atoms with Crippen LogP contribution in [0.1, 0.15) is 17.2 Å². The number of amides is 1. The number of benzene rings is 2. The van der Waals surface area contributed by atoms with Crippen LogP contribution in [0.5, 0.6) is 5.75 Å². The molecule has 0 heterocycles. The van der Waals surface area contributed by atoms with Crippen LogP contribution in [-0.4, -0.2) is 24.7 Å². The van der Waals surface area contributed by atoms with Gasteiger partial charge in [-0.3, -0.25) is 4.79 Å². The van der Waals surface area contributed by atoms with E-state index in [1.54, 1.807) is 31.4 Å². The summed E-state index contributed by atoms with van der Waals surface area (Å²) in [6.45, 7) is 0.163. The van der Waals surface area contributed by atoms with Crippen molar-refractivity contribution >= 4 is 17.5 Å². The van der Waals surface area contributed by atoms with Gasteiger partial charge in [0.05, 0.1) is 19.6 Å². The Morgan fingerprint density at radius 3 is 2.41 bits per heavy atom. The minimum absolute atomic E-state index is 0.141. The van der Waals surface area contributed by atoms with E-state index in [0.717, 1.165) is 11.3 Å². The Hall–Kier alpha value is -2.04. The van der Waals surface area contributed by atoms with Gasteiger partial charge in [0.2, 0.25) is 5.91 Å². The zero-order valence-corrected chi connectivity index (χ0v) is 13.0. The number of ether oxygens (including phenoxy) is 1. The Morgan fingerprint density at radius 1 is 1.18 bits per heavy atom. The van der Waals surface area contributed by atoms with Crippen molar-refractivity contribution in [1.82, 2.24) is 5.32 Å². The smallest absolute Gasteiger partial charge is 0.224 e. The SMILES string of the molecule is COc1ccc(CC(=O)NCC(O)c2ccc(Cl)cc2)cc1. The molecule has 0 saturated heterocycles. The van der Waals surface area contributed by atoms with Gasteiger partial charge in [0.1, 0.15) is 5.75 Å². The van der Waals surface area contributed by atoms with E-state index in [2.05, 4.69) is 5.32 Å². The second-order valence-corrected chi connectivity index (χ2v) is 5.33. The fourth-order valence-electron chi connectivity index (χ4n) is 2.00. The predicted octanol–water partition coefficient (Wildman–Crippen LogP) is 2.74. The van der Waals surface area contributed by atoms with Crippen LogP contribution in [0.15, 0.2) is 48.5 Å². The topological polar surface area (TPSA) is 58.6 Å². The Morgan fingerprint density at radius 2 is 1.82 bits per heavy atom. The first-order valence-electron chi connectivity index (χ1n) is 6.91. The zero-order valence-electron chi connectivity index (χ0n) is 12.3. The lowest BCUT2D eigenvalue weighted by Crippen LogP contribution is -2.29. The van der Waals surface area contributed by atoms with Crippen molar-refractivity contribution < 1.29 is 14.6 Å². The average molecular weight is 320 g/mol. The van der Waals surface area contributed by atoms with Gasteiger partial charge in [0.15, 0.2) is 0 Å². The molecular weight excluding hydrogens is 302 g/mol. The van der Waals surface area contributed by atoms with Gasteiger partial charge >= 0.3 is 0 Å². The van der Waals surface area contributed by atoms with Crippen LogP contribution < -0.4 is 10.1 Å². The number of rotatable bonds is 6. The van der Waals surface area contributed by atoms with E-state index in [9.17, 15) is 9.90 Å². The molecule has 0 radical (unpaired) electrons. The number of hydrogen-bond acceptors (Lipinski definition) is 3. The summed E-state index contributed by atoms with van der Waals surface area (Å²) in [6, 6.07) is 14.2. The molecule has 2 aromatic carbocycles. The maximum absolute atomic E-state index is 11.9. The van der Waals surface area contributed by atoms with Crippen LogP contribution in [0.3, 0.4) is 0 Å². The fourth-order valence-corrected chi connectivity index (χ4v) is 2.13. The first kappa shape index (κ1) is 16.3. The lowest BCUT2D eigenvalue weighted by atomic mass is 10.1. The Labute approximate surface area is 134 Å². The lowest BCUT2D eigenvalue weighted by Gasteiger charge is -2.12. The van der Waals surface area contributed by atoms with Crippen LogP contribution in [0, 0.1) is 0 Å². The molecule has 0 aliphatic carbocycles. The third-order valence-corrected chi connectivity index (χ3v) is 3.52. The maximum atomic E-state index is 11.9. The van der Waals surface area contributed by atoms with Crippen LogP contribution >= 0.6 is 11.6 Å². The highest BCUT2D eigenvalue weighted by atomic mass is 35.5. The van der Waals surface area contributed by atoms with Crippen molar-refractivity contribution in [2.75, 3.05) is 13.7 Å². The third kappa shape index (κ3) is 4.76. The molecule has 0 saturated carbocycles. The molecule has 0 fully saturated rings. The highest BCUT2D eigenvalue weighted by Gasteiger charge is 2.10. The van der Waals surface area contributed by atoms with Crippen molar-refractivity contribution in [1.29, 1.82) is 0 Å². The number of aliphatic hydroxyl groups excluding tert-OH is 1. The van der Waals surface area contributed by atoms with Crippen LogP contribution in [0.25, 0.3) is 0 Å². The summed E-state index contributed by atoms with van der Waals surface area (Å²) in [5, 5.41) is 13.4. The standard InChI is InChI=1S/C17H18ClNO3/c1-22-15-8-2-12(3-9-15)10-17(21)19-11-16(20)13-4-6-14(18)7-5-13/h2-9,16,20H,10-11H2,1H3,(H,19,21). The van der Waals surface area contributed by atoms with Crippen molar-refractivity contribution in [3.8, 4) is 5.75 Å². The van der Waals surface area contributed by atoms with Gasteiger partial charge in [0, 0.05) is 11.6 Å². The van der Waals surface area contributed by atoms with E-state index in [4.69, 9.17) is 16.3 Å². The summed E-state index contributed by atoms with van der Waals surface area (Å²) in [7, 11) is 1.60. The van der Waals surface area contributed by atoms with Crippen LogP contribution in [0.2, 0.25) is 5.02 Å². The molecule has 2 aromatic rings. The largest absolute Gasteiger partial charge is 0.497 e. The van der Waals surface area contributed by atoms with Crippen LogP contribution in [-0.2, 0) is 11.2 Å². The van der Waals surface area contributed by atoms with Gasteiger partial charge in [0.25, 0.3) is 0 Å². The van der Waals surface area contributed by atoms with Gasteiger partial charge in [-0.05, 0) is 35.4 Å². The molecule has 0 aliphatic rings. The molecule has 4 nitrogen and oxygen atoms in total. The minimum atomic E-state index is -0.753. The number of halogens is 1. The molecule has 5 heteroatoms. The van der Waals surface area contributed by atoms with Gasteiger partial charge in [-0.1, -0.05) is 35.9 Å². The molecule has 0 bridgehead atoms. The zero-order chi connectivity index (χ0) is 15.9. The molecule has 2 rings (SSSR count). The van der Waals surface area contributed by atoms with Gasteiger partial charge in [-0.25, -0.2) is 0 Å². The van der Waals surface area contributed by atoms with E-state index in [-0.39, 0.29) is 18.9 Å². The third-order valence-electron chi connectivity index (χ3n) is 3.27. The number of carbonyl (C=O) groups is 1. The lowest BCUT2D eigenvalue weighted by molar-refractivity contribution is -0.120. The number of aliphatic hydroxyl groups is 1. The molecule has 0 aromatic heterocycles. The summed E-state index contributed by atoms with van der Waals surface area (Å²) in [5.74, 6) is 0.612. The van der Waals surface area contributed by atoms with Crippen molar-refractivity contribution in [2.24, 2.45) is 0 Å². The number of carbonyl (C=O) groups excluding carboxylic acids is 1. The average Bonchev–Trinajstić information content (AvgIpc) is 2.54. The van der Waals surface area contributed by atoms with E-state index < -0.39 is 6.10 Å². The first-order valence-corrected chi connectivity index (χ1v) is 7.29. The summed E-state index contributed by atoms with van der Waals surface area (Å²) in [4.78, 5) is 11.9. The Balaban J connectivity index is 1.82. The molecule has 1 unspecified atom stereocenters. The second kappa shape index (κ2) is 7.82. The number of methoxy groups -OCH3 is 1. The molecule has 116 valence electrons. The van der Waals surface area contributed by atoms with E-state index >= 15 is 0 Å². The molecular formula is C17H18ClNO3. The summed E-state index contributed by atoms with van der Waals surface area (Å²) in [5.41, 5.74) is 1.61. The molecule has 2 N–H and O–H groups in total. The second-order valence-electron chi connectivity index (χ2n) is 4.90. The van der Waals surface area contributed by atoms with E-state index in [1.165, 1.54) is 0 Å². The van der Waals surface area contributed by atoms with Crippen LogP contribution in [0.4, 0.5) is 0 Å². The maximum Gasteiger partial charge on any atom is 0.224 e. The highest BCUT2D eigenvalue weighted by molar-refractivity contribution is 6.30. The van der Waals surface area contributed by atoms with Crippen molar-refractivity contribution in [3.63, 3.8) is 0 Å². The monoisotopic (exact) mass is 319 g/mol. The summed E-state index contributed by atoms with van der Waals surface area (Å²) < 4.78 is 5.07. The van der Waals surface area contributed by atoms with E-state index in [1.807, 2.05) is 24.3 Å². The summed E-state index contributed by atoms with van der Waals surface area (Å²) >= 11 is 5.80. The molecule has 22 heavy (non-hydrogen) atoms. The Bertz CT molecular complexity index is 611. The normalized spacial score (nSPS) is 11.8. The predicted molar refractivity (Wildman–Crippen MR) is 86.1 cm³/mol. The first-order chi connectivity index (χ1) is 10.6. The Kier molecular flexibility index (Phi) is 5.81. The number of nitrogens with one attached hydrogen (secondary N) is 1. The highest BCUT2D eigenvalue weighted by Crippen LogP contribution is 2.16.